The smallest absolute Gasteiger partial charge is 0.302 e. The van der Waals surface area contributed by atoms with Gasteiger partial charge in [0.25, 0.3) is 0 Å². The number of hydrogen-bond acceptors (Lipinski definition) is 3. The SMILES string of the molecule is CCCCCCCCCCCCCCCCOC(C)=O.CCO. The Labute approximate surface area is 145 Å². The molecule has 0 unspecified atom stereocenters. The Morgan fingerprint density at radius 1 is 0.696 bits per heavy atom. The van der Waals surface area contributed by atoms with Gasteiger partial charge in [-0.2, -0.15) is 0 Å². The quantitative estimate of drug-likeness (QED) is 0.294. The van der Waals surface area contributed by atoms with Crippen LogP contribution < -0.4 is 0 Å². The van der Waals surface area contributed by atoms with Crippen LogP contribution in [0.25, 0.3) is 0 Å². The fraction of sp³-hybridized carbons (Fsp3) is 0.950. The van der Waals surface area contributed by atoms with Crippen molar-refractivity contribution in [3.8, 4) is 0 Å². The molecule has 23 heavy (non-hydrogen) atoms. The highest BCUT2D eigenvalue weighted by Crippen LogP contribution is 2.12. The standard InChI is InChI=1S/C18H36O2.C2H6O/c1-3-4-5-6-7-8-9-10-11-12-13-14-15-16-17-20-18(2)19;1-2-3/h3-17H2,1-2H3;3H,2H2,1H3. The predicted molar refractivity (Wildman–Crippen MR) is 99.7 cm³/mol. The van der Waals surface area contributed by atoms with Crippen LogP contribution in [0.1, 0.15) is 111 Å². The second-order valence-electron chi connectivity index (χ2n) is 6.25. The monoisotopic (exact) mass is 330 g/mol. The normalized spacial score (nSPS) is 10.1. The number of esters is 1. The van der Waals surface area contributed by atoms with Gasteiger partial charge in [-0.25, -0.2) is 0 Å². The lowest BCUT2D eigenvalue weighted by Gasteiger charge is -2.03. The summed E-state index contributed by atoms with van der Waals surface area (Å²) in [5, 5.41) is 7.57. The van der Waals surface area contributed by atoms with Gasteiger partial charge in [-0.3, -0.25) is 4.79 Å². The molecular formula is C20H42O3. The van der Waals surface area contributed by atoms with Crippen LogP contribution in [0.3, 0.4) is 0 Å². The van der Waals surface area contributed by atoms with E-state index in [1.54, 1.807) is 6.92 Å². The van der Waals surface area contributed by atoms with E-state index in [2.05, 4.69) is 6.92 Å². The molecule has 0 aromatic carbocycles. The van der Waals surface area contributed by atoms with Crippen LogP contribution in [0.15, 0.2) is 0 Å². The fourth-order valence-corrected chi connectivity index (χ4v) is 2.51. The maximum atomic E-state index is 10.6. The molecule has 0 saturated heterocycles. The molecule has 0 amide bonds. The van der Waals surface area contributed by atoms with Crippen LogP contribution >= 0.6 is 0 Å². The van der Waals surface area contributed by atoms with Crippen LogP contribution in [0.5, 0.6) is 0 Å². The largest absolute Gasteiger partial charge is 0.466 e. The predicted octanol–water partition coefficient (Wildman–Crippen LogP) is 6.03. The highest BCUT2D eigenvalue weighted by atomic mass is 16.5. The van der Waals surface area contributed by atoms with Crippen molar-refractivity contribution >= 4 is 5.97 Å². The Morgan fingerprint density at radius 2 is 1.00 bits per heavy atom. The van der Waals surface area contributed by atoms with E-state index in [4.69, 9.17) is 9.84 Å². The molecule has 0 aliphatic carbocycles. The van der Waals surface area contributed by atoms with Crippen molar-refractivity contribution in [2.45, 2.75) is 111 Å². The van der Waals surface area contributed by atoms with E-state index in [-0.39, 0.29) is 12.6 Å². The first-order valence-corrected chi connectivity index (χ1v) is 9.93. The van der Waals surface area contributed by atoms with Crippen molar-refractivity contribution < 1.29 is 14.6 Å². The van der Waals surface area contributed by atoms with Gasteiger partial charge in [-0.15, -0.1) is 0 Å². The molecule has 0 radical (unpaired) electrons. The van der Waals surface area contributed by atoms with Crippen molar-refractivity contribution in [3.63, 3.8) is 0 Å². The maximum absolute atomic E-state index is 10.6. The molecule has 0 aromatic heterocycles. The molecule has 3 nitrogen and oxygen atoms in total. The number of unbranched alkanes of at least 4 members (excludes halogenated alkanes) is 13. The number of aliphatic hydroxyl groups is 1. The molecule has 0 spiro atoms. The number of aliphatic hydroxyl groups excluding tert-OH is 1. The van der Waals surface area contributed by atoms with Gasteiger partial charge in [0.1, 0.15) is 0 Å². The van der Waals surface area contributed by atoms with E-state index in [0.29, 0.717) is 6.61 Å². The first-order chi connectivity index (χ1) is 11.2. The summed E-state index contributed by atoms with van der Waals surface area (Å²) in [7, 11) is 0. The average Bonchev–Trinajstić information content (AvgIpc) is 2.51. The summed E-state index contributed by atoms with van der Waals surface area (Å²) >= 11 is 0. The summed E-state index contributed by atoms with van der Waals surface area (Å²) in [4.78, 5) is 10.6. The van der Waals surface area contributed by atoms with Gasteiger partial charge in [0.2, 0.25) is 0 Å². The van der Waals surface area contributed by atoms with E-state index in [9.17, 15) is 4.79 Å². The minimum absolute atomic E-state index is 0.153. The third-order valence-corrected chi connectivity index (χ3v) is 3.80. The molecule has 1 N–H and O–H groups in total. The highest BCUT2D eigenvalue weighted by molar-refractivity contribution is 5.65. The van der Waals surface area contributed by atoms with Gasteiger partial charge in [0.05, 0.1) is 6.61 Å². The molecule has 0 aliphatic heterocycles. The summed E-state index contributed by atoms with van der Waals surface area (Å²) in [5.74, 6) is -0.153. The van der Waals surface area contributed by atoms with Gasteiger partial charge in [-0.05, 0) is 13.3 Å². The van der Waals surface area contributed by atoms with Crippen LogP contribution in [0.4, 0.5) is 0 Å². The van der Waals surface area contributed by atoms with Gasteiger partial charge < -0.3 is 9.84 Å². The number of hydrogen-bond donors (Lipinski definition) is 1. The number of carbonyl (C=O) groups excluding carboxylic acids is 1. The van der Waals surface area contributed by atoms with Crippen molar-refractivity contribution in [1.29, 1.82) is 0 Å². The third kappa shape index (κ3) is 30.0. The molecule has 0 saturated carbocycles. The molecular weight excluding hydrogens is 288 g/mol. The van der Waals surface area contributed by atoms with Crippen LogP contribution in [0.2, 0.25) is 0 Å². The average molecular weight is 331 g/mol. The lowest BCUT2D eigenvalue weighted by molar-refractivity contribution is -0.141. The molecule has 0 aromatic rings. The Hall–Kier alpha value is -0.570. The molecule has 0 atom stereocenters. The van der Waals surface area contributed by atoms with Gasteiger partial charge in [-0.1, -0.05) is 90.4 Å². The second-order valence-corrected chi connectivity index (χ2v) is 6.25. The Morgan fingerprint density at radius 3 is 1.30 bits per heavy atom. The Kier molecular flexibility index (Phi) is 25.4. The highest BCUT2D eigenvalue weighted by Gasteiger charge is 1.95. The topological polar surface area (TPSA) is 46.5 Å². The minimum atomic E-state index is -0.153. The Balaban J connectivity index is 0. The van der Waals surface area contributed by atoms with E-state index in [1.807, 2.05) is 0 Å². The number of carbonyl (C=O) groups is 1. The van der Waals surface area contributed by atoms with Crippen molar-refractivity contribution in [1.82, 2.24) is 0 Å². The molecule has 0 aliphatic rings. The number of rotatable bonds is 15. The van der Waals surface area contributed by atoms with E-state index < -0.39 is 0 Å². The zero-order chi connectivity index (χ0) is 17.6. The fourth-order valence-electron chi connectivity index (χ4n) is 2.51. The first-order valence-electron chi connectivity index (χ1n) is 9.93. The van der Waals surface area contributed by atoms with Gasteiger partial charge >= 0.3 is 5.97 Å². The molecule has 0 fully saturated rings. The van der Waals surface area contributed by atoms with Crippen LogP contribution in [0, 0.1) is 0 Å². The minimum Gasteiger partial charge on any atom is -0.466 e. The van der Waals surface area contributed by atoms with Crippen molar-refractivity contribution in [2.75, 3.05) is 13.2 Å². The molecule has 0 rings (SSSR count). The zero-order valence-electron chi connectivity index (χ0n) is 16.1. The molecule has 0 heterocycles. The lowest BCUT2D eigenvalue weighted by atomic mass is 10.0. The van der Waals surface area contributed by atoms with E-state index >= 15 is 0 Å². The first kappa shape index (κ1) is 24.7. The van der Waals surface area contributed by atoms with E-state index in [1.165, 1.54) is 90.4 Å². The molecule has 3 heteroatoms. The van der Waals surface area contributed by atoms with Gasteiger partial charge in [0.15, 0.2) is 0 Å². The number of ether oxygens (including phenoxy) is 1. The van der Waals surface area contributed by atoms with Crippen LogP contribution in [-0.2, 0) is 9.53 Å². The third-order valence-electron chi connectivity index (χ3n) is 3.80. The van der Waals surface area contributed by atoms with Crippen molar-refractivity contribution in [3.05, 3.63) is 0 Å². The summed E-state index contributed by atoms with van der Waals surface area (Å²) < 4.78 is 4.91. The maximum Gasteiger partial charge on any atom is 0.302 e. The molecule has 140 valence electrons. The summed E-state index contributed by atoms with van der Waals surface area (Å²) in [5.41, 5.74) is 0. The van der Waals surface area contributed by atoms with E-state index in [0.717, 1.165) is 6.42 Å². The molecule has 0 bridgehead atoms. The zero-order valence-corrected chi connectivity index (χ0v) is 16.1. The van der Waals surface area contributed by atoms with Gasteiger partial charge in [0, 0.05) is 13.5 Å². The summed E-state index contributed by atoms with van der Waals surface area (Å²) in [6.45, 7) is 6.29. The summed E-state index contributed by atoms with van der Waals surface area (Å²) in [6.07, 6.45) is 19.0. The van der Waals surface area contributed by atoms with Crippen LogP contribution in [-0.4, -0.2) is 24.3 Å². The Bertz CT molecular complexity index is 217. The second kappa shape index (κ2) is 23.7. The van der Waals surface area contributed by atoms with Crippen molar-refractivity contribution in [2.24, 2.45) is 0 Å². The summed E-state index contributed by atoms with van der Waals surface area (Å²) in [6, 6.07) is 0. The lowest BCUT2D eigenvalue weighted by Crippen LogP contribution is -2.00.